The number of benzene rings is 1. The summed E-state index contributed by atoms with van der Waals surface area (Å²) in [5.74, 6) is 0.402. The molecule has 1 amide bonds. The van der Waals surface area contributed by atoms with Gasteiger partial charge in [-0.3, -0.25) is 4.79 Å². The lowest BCUT2D eigenvalue weighted by atomic mass is 10.1. The van der Waals surface area contributed by atoms with Crippen LogP contribution in [0.2, 0.25) is 0 Å². The summed E-state index contributed by atoms with van der Waals surface area (Å²) in [5, 5.41) is 3.46. The number of nitrogens with one attached hydrogen (secondary N) is 1. The van der Waals surface area contributed by atoms with E-state index in [-0.39, 0.29) is 12.5 Å². The monoisotopic (exact) mass is 376 g/mol. The Morgan fingerprint density at radius 3 is 2.80 bits per heavy atom. The maximum absolute atomic E-state index is 12.6. The summed E-state index contributed by atoms with van der Waals surface area (Å²) in [7, 11) is 1.35. The molecule has 3 rings (SSSR count). The second kappa shape index (κ2) is 7.49. The van der Waals surface area contributed by atoms with Crippen molar-refractivity contribution in [2.75, 3.05) is 36.2 Å². The topological polar surface area (TPSA) is 58.6 Å². The zero-order valence-corrected chi connectivity index (χ0v) is 16.1. The van der Waals surface area contributed by atoms with Crippen molar-refractivity contribution >= 4 is 45.7 Å². The van der Waals surface area contributed by atoms with E-state index < -0.39 is 5.97 Å². The number of para-hydroxylation sites is 1. The number of hydrogen-bond donors (Lipinski definition) is 1. The second-order valence-corrected chi connectivity index (χ2v) is 8.13. The minimum atomic E-state index is -0.420. The van der Waals surface area contributed by atoms with Crippen molar-refractivity contribution in [1.82, 2.24) is 0 Å². The molecule has 1 aromatic heterocycles. The number of carbonyl (C=O) groups excluding carboxylic acids is 2. The number of esters is 1. The number of amides is 1. The van der Waals surface area contributed by atoms with E-state index in [0.717, 1.165) is 28.4 Å². The first-order valence-electron chi connectivity index (χ1n) is 7.96. The van der Waals surface area contributed by atoms with Crippen LogP contribution in [0, 0.1) is 13.8 Å². The number of carbonyl (C=O) groups is 2. The SMILES string of the molecule is COC(=O)c1c(NC(=O)CN2CCSc3ccccc32)sc(C)c1C. The molecule has 0 unspecified atom stereocenters. The van der Waals surface area contributed by atoms with E-state index in [2.05, 4.69) is 16.3 Å². The Morgan fingerprint density at radius 1 is 1.28 bits per heavy atom. The number of nitrogens with zero attached hydrogens (tertiary/aromatic N) is 1. The molecule has 0 radical (unpaired) electrons. The fourth-order valence-corrected chi connectivity index (χ4v) is 4.91. The van der Waals surface area contributed by atoms with Gasteiger partial charge in [-0.2, -0.15) is 0 Å². The van der Waals surface area contributed by atoms with Gasteiger partial charge in [-0.15, -0.1) is 23.1 Å². The highest BCUT2D eigenvalue weighted by molar-refractivity contribution is 7.99. The second-order valence-electron chi connectivity index (χ2n) is 5.76. The average molecular weight is 377 g/mol. The number of rotatable bonds is 4. The Bertz CT molecular complexity index is 817. The van der Waals surface area contributed by atoms with Crippen molar-refractivity contribution in [3.63, 3.8) is 0 Å². The molecule has 0 bridgehead atoms. The van der Waals surface area contributed by atoms with Gasteiger partial charge in [0.25, 0.3) is 0 Å². The Hall–Kier alpha value is -1.99. The Morgan fingerprint density at radius 2 is 2.04 bits per heavy atom. The van der Waals surface area contributed by atoms with Crippen molar-refractivity contribution in [2.24, 2.45) is 0 Å². The first-order valence-corrected chi connectivity index (χ1v) is 9.76. The van der Waals surface area contributed by atoms with Crippen molar-refractivity contribution in [3.8, 4) is 0 Å². The summed E-state index contributed by atoms with van der Waals surface area (Å²) in [4.78, 5) is 28.9. The van der Waals surface area contributed by atoms with Gasteiger partial charge in [0, 0.05) is 22.1 Å². The minimum absolute atomic E-state index is 0.131. The quantitative estimate of drug-likeness (QED) is 0.825. The minimum Gasteiger partial charge on any atom is -0.465 e. The highest BCUT2D eigenvalue weighted by Crippen LogP contribution is 2.35. The maximum atomic E-state index is 12.6. The van der Waals surface area contributed by atoms with E-state index in [4.69, 9.17) is 4.74 Å². The van der Waals surface area contributed by atoms with Gasteiger partial charge < -0.3 is 15.0 Å². The van der Waals surface area contributed by atoms with Crippen LogP contribution in [-0.4, -0.2) is 37.8 Å². The summed E-state index contributed by atoms with van der Waals surface area (Å²) < 4.78 is 4.85. The summed E-state index contributed by atoms with van der Waals surface area (Å²) in [5.41, 5.74) is 2.39. The van der Waals surface area contributed by atoms with Crippen LogP contribution in [0.15, 0.2) is 29.2 Å². The molecule has 25 heavy (non-hydrogen) atoms. The number of fused-ring (bicyclic) bond motifs is 1. The van der Waals surface area contributed by atoms with Crippen LogP contribution >= 0.6 is 23.1 Å². The molecular formula is C18H20N2O3S2. The number of hydrogen-bond acceptors (Lipinski definition) is 6. The van der Waals surface area contributed by atoms with Crippen molar-refractivity contribution in [2.45, 2.75) is 18.7 Å². The van der Waals surface area contributed by atoms with Crippen LogP contribution in [0.5, 0.6) is 0 Å². The molecule has 1 aliphatic rings. The maximum Gasteiger partial charge on any atom is 0.341 e. The number of methoxy groups -OCH3 is 1. The normalized spacial score (nSPS) is 13.3. The van der Waals surface area contributed by atoms with Gasteiger partial charge in [-0.25, -0.2) is 4.79 Å². The van der Waals surface area contributed by atoms with Gasteiger partial charge in [0.05, 0.1) is 24.9 Å². The van der Waals surface area contributed by atoms with Gasteiger partial charge in [-0.05, 0) is 31.5 Å². The molecule has 2 aromatic rings. The van der Waals surface area contributed by atoms with Gasteiger partial charge in [0.15, 0.2) is 0 Å². The van der Waals surface area contributed by atoms with E-state index in [1.54, 1.807) is 11.8 Å². The number of anilines is 2. The largest absolute Gasteiger partial charge is 0.465 e. The third-order valence-electron chi connectivity index (χ3n) is 4.19. The number of aryl methyl sites for hydroxylation is 1. The molecule has 0 atom stereocenters. The van der Waals surface area contributed by atoms with E-state index in [9.17, 15) is 9.59 Å². The number of thioether (sulfide) groups is 1. The first-order chi connectivity index (χ1) is 12.0. The Kier molecular flexibility index (Phi) is 5.34. The van der Waals surface area contributed by atoms with Crippen LogP contribution in [-0.2, 0) is 9.53 Å². The molecule has 7 heteroatoms. The standard InChI is InChI=1S/C18H20N2O3S2/c1-11-12(2)25-17(16(11)18(22)23-3)19-15(21)10-20-8-9-24-14-7-5-4-6-13(14)20/h4-7H,8-10H2,1-3H3,(H,19,21). The summed E-state index contributed by atoms with van der Waals surface area (Å²) in [6.07, 6.45) is 0. The summed E-state index contributed by atoms with van der Waals surface area (Å²) in [6.45, 7) is 4.88. The number of thiophene rings is 1. The predicted octanol–water partition coefficient (Wildman–Crippen LogP) is 3.70. The molecule has 0 fully saturated rings. The van der Waals surface area contributed by atoms with Crippen LogP contribution in [0.1, 0.15) is 20.8 Å². The first kappa shape index (κ1) is 17.8. The molecule has 1 aromatic carbocycles. The highest BCUT2D eigenvalue weighted by atomic mass is 32.2. The lowest BCUT2D eigenvalue weighted by molar-refractivity contribution is -0.114. The van der Waals surface area contributed by atoms with Crippen molar-refractivity contribution in [1.29, 1.82) is 0 Å². The molecule has 5 nitrogen and oxygen atoms in total. The van der Waals surface area contributed by atoms with E-state index in [1.807, 2.05) is 32.0 Å². The third kappa shape index (κ3) is 3.67. The highest BCUT2D eigenvalue weighted by Gasteiger charge is 2.23. The zero-order valence-electron chi connectivity index (χ0n) is 14.4. The Labute approximate surface area is 155 Å². The molecule has 132 valence electrons. The van der Waals surface area contributed by atoms with E-state index in [1.165, 1.54) is 23.3 Å². The molecule has 1 N–H and O–H groups in total. The lowest BCUT2D eigenvalue weighted by Gasteiger charge is -2.30. The lowest BCUT2D eigenvalue weighted by Crippen LogP contribution is -2.36. The van der Waals surface area contributed by atoms with Crippen LogP contribution in [0.4, 0.5) is 10.7 Å². The van der Waals surface area contributed by atoms with Gasteiger partial charge >= 0.3 is 5.97 Å². The third-order valence-corrected chi connectivity index (χ3v) is 6.35. The van der Waals surface area contributed by atoms with Gasteiger partial charge in [-0.1, -0.05) is 12.1 Å². The van der Waals surface area contributed by atoms with Gasteiger partial charge in [0.1, 0.15) is 5.00 Å². The molecular weight excluding hydrogens is 356 g/mol. The molecule has 0 saturated heterocycles. The molecule has 2 heterocycles. The smallest absolute Gasteiger partial charge is 0.341 e. The molecule has 0 spiro atoms. The summed E-state index contributed by atoms with van der Waals surface area (Å²) in [6, 6.07) is 8.10. The molecule has 0 saturated carbocycles. The van der Waals surface area contributed by atoms with Crippen LogP contribution in [0.3, 0.4) is 0 Å². The van der Waals surface area contributed by atoms with E-state index in [0.29, 0.717) is 10.6 Å². The fraction of sp³-hybridized carbons (Fsp3) is 0.333. The van der Waals surface area contributed by atoms with Crippen LogP contribution in [0.25, 0.3) is 0 Å². The van der Waals surface area contributed by atoms with Gasteiger partial charge in [0.2, 0.25) is 5.91 Å². The summed E-state index contributed by atoms with van der Waals surface area (Å²) >= 11 is 3.21. The van der Waals surface area contributed by atoms with Crippen molar-refractivity contribution < 1.29 is 14.3 Å². The zero-order chi connectivity index (χ0) is 18.0. The predicted molar refractivity (Wildman–Crippen MR) is 103 cm³/mol. The van der Waals surface area contributed by atoms with E-state index >= 15 is 0 Å². The fourth-order valence-electron chi connectivity index (χ4n) is 2.79. The van der Waals surface area contributed by atoms with Crippen molar-refractivity contribution in [3.05, 3.63) is 40.3 Å². The number of ether oxygens (including phenoxy) is 1. The van der Waals surface area contributed by atoms with Crippen LogP contribution < -0.4 is 10.2 Å². The average Bonchev–Trinajstić information content (AvgIpc) is 2.88. The Balaban J connectivity index is 1.76. The molecule has 0 aliphatic carbocycles. The molecule has 1 aliphatic heterocycles.